The molecule has 4 nitrogen and oxygen atoms in total. The van der Waals surface area contributed by atoms with Crippen LogP contribution in [0.1, 0.15) is 5.56 Å². The minimum absolute atomic E-state index is 0.0594. The van der Waals surface area contributed by atoms with E-state index in [9.17, 15) is 13.6 Å². The van der Waals surface area contributed by atoms with E-state index >= 15 is 0 Å². The maximum absolute atomic E-state index is 12.1. The van der Waals surface area contributed by atoms with Gasteiger partial charge >= 0.3 is 0 Å². The van der Waals surface area contributed by atoms with E-state index < -0.39 is 9.84 Å². The van der Waals surface area contributed by atoms with Gasteiger partial charge < -0.3 is 5.21 Å². The number of nitrogens with zero attached hydrogens (tertiary/aromatic N) is 1. The predicted octanol–water partition coefficient (Wildman–Crippen LogP) is 2.43. The molecule has 0 radical (unpaired) electrons. The van der Waals surface area contributed by atoms with Gasteiger partial charge in [-0.2, -0.15) is 4.73 Å². The van der Waals surface area contributed by atoms with Gasteiger partial charge in [0.1, 0.15) is 4.64 Å². The fourth-order valence-electron chi connectivity index (χ4n) is 1.52. The van der Waals surface area contributed by atoms with Crippen LogP contribution in [-0.2, 0) is 15.6 Å². The summed E-state index contributed by atoms with van der Waals surface area (Å²) in [6.45, 7) is 0. The first kappa shape index (κ1) is 12.8. The number of benzene rings is 1. The molecule has 0 aliphatic carbocycles. The van der Waals surface area contributed by atoms with E-state index in [2.05, 4.69) is 0 Å². The zero-order valence-corrected chi connectivity index (χ0v) is 11.0. The molecule has 1 aromatic heterocycles. The third kappa shape index (κ3) is 2.77. The molecule has 0 spiro atoms. The van der Waals surface area contributed by atoms with Crippen molar-refractivity contribution in [3.05, 3.63) is 58.9 Å². The van der Waals surface area contributed by atoms with E-state index in [0.717, 1.165) is 0 Å². The van der Waals surface area contributed by atoms with Crippen molar-refractivity contribution in [2.24, 2.45) is 0 Å². The molecule has 0 fully saturated rings. The van der Waals surface area contributed by atoms with Crippen molar-refractivity contribution in [3.8, 4) is 0 Å². The van der Waals surface area contributed by atoms with Crippen LogP contribution >= 0.6 is 12.2 Å². The monoisotopic (exact) mass is 281 g/mol. The number of rotatable bonds is 3. The Balaban J connectivity index is 2.37. The molecule has 94 valence electrons. The van der Waals surface area contributed by atoms with E-state index in [1.165, 1.54) is 18.3 Å². The van der Waals surface area contributed by atoms with Crippen LogP contribution in [0.15, 0.2) is 53.6 Å². The lowest BCUT2D eigenvalue weighted by Gasteiger charge is -2.05. The average Bonchev–Trinajstić information content (AvgIpc) is 2.33. The summed E-state index contributed by atoms with van der Waals surface area (Å²) in [4.78, 5) is 0.113. The lowest BCUT2D eigenvalue weighted by Crippen LogP contribution is -2.06. The highest BCUT2D eigenvalue weighted by Gasteiger charge is 2.15. The van der Waals surface area contributed by atoms with E-state index in [1.807, 2.05) is 6.07 Å². The van der Waals surface area contributed by atoms with Crippen LogP contribution in [0.4, 0.5) is 0 Å². The maximum atomic E-state index is 12.1. The summed E-state index contributed by atoms with van der Waals surface area (Å²) in [6.07, 6.45) is 1.22. The Hall–Kier alpha value is -1.66. The van der Waals surface area contributed by atoms with Gasteiger partial charge in [0.25, 0.3) is 0 Å². The Morgan fingerprint density at radius 3 is 2.44 bits per heavy atom. The van der Waals surface area contributed by atoms with Crippen LogP contribution in [0.3, 0.4) is 0 Å². The summed E-state index contributed by atoms with van der Waals surface area (Å²) in [5, 5.41) is 9.22. The molecule has 0 aliphatic rings. The first-order valence-electron chi connectivity index (χ1n) is 5.18. The number of aromatic nitrogens is 1. The van der Waals surface area contributed by atoms with Crippen LogP contribution in [0, 0.1) is 4.64 Å². The van der Waals surface area contributed by atoms with Crippen molar-refractivity contribution in [1.29, 1.82) is 0 Å². The summed E-state index contributed by atoms with van der Waals surface area (Å²) >= 11 is 4.82. The van der Waals surface area contributed by atoms with Crippen molar-refractivity contribution in [3.63, 3.8) is 0 Å². The SMILES string of the molecule is O=S(=O)(Cc1ccccc1)c1ccn(O)c(=S)c1. The lowest BCUT2D eigenvalue weighted by molar-refractivity contribution is 0.179. The fourth-order valence-corrected chi connectivity index (χ4v) is 3.14. The third-order valence-corrected chi connectivity index (χ3v) is 4.42. The Labute approximate surface area is 110 Å². The maximum Gasteiger partial charge on any atom is 0.182 e. The van der Waals surface area contributed by atoms with E-state index in [4.69, 9.17) is 12.2 Å². The first-order chi connectivity index (χ1) is 8.49. The van der Waals surface area contributed by atoms with Crippen molar-refractivity contribution in [1.82, 2.24) is 4.73 Å². The second-order valence-corrected chi connectivity index (χ2v) is 6.20. The topological polar surface area (TPSA) is 59.3 Å². The molecule has 6 heteroatoms. The molecule has 1 heterocycles. The zero-order valence-electron chi connectivity index (χ0n) is 9.35. The molecule has 0 amide bonds. The normalized spacial score (nSPS) is 11.3. The third-order valence-electron chi connectivity index (χ3n) is 2.43. The molecule has 0 saturated heterocycles. The molecule has 2 rings (SSSR count). The molecule has 0 bridgehead atoms. The van der Waals surface area contributed by atoms with Crippen LogP contribution in [0.2, 0.25) is 0 Å². The first-order valence-corrected chi connectivity index (χ1v) is 7.24. The summed E-state index contributed by atoms with van der Waals surface area (Å²) < 4.78 is 25.0. The van der Waals surface area contributed by atoms with Gasteiger partial charge in [0.2, 0.25) is 0 Å². The van der Waals surface area contributed by atoms with Crippen molar-refractivity contribution < 1.29 is 13.6 Å². The van der Waals surface area contributed by atoms with Gasteiger partial charge in [-0.15, -0.1) is 0 Å². The quantitative estimate of drug-likeness (QED) is 0.693. The fraction of sp³-hybridized carbons (Fsp3) is 0.0833. The van der Waals surface area contributed by atoms with Gasteiger partial charge in [-0.05, 0) is 17.7 Å². The van der Waals surface area contributed by atoms with Gasteiger partial charge in [0.15, 0.2) is 9.84 Å². The average molecular weight is 281 g/mol. The number of sulfone groups is 1. The summed E-state index contributed by atoms with van der Waals surface area (Å²) in [5.41, 5.74) is 0.712. The molecular weight excluding hydrogens is 270 g/mol. The Kier molecular flexibility index (Phi) is 3.49. The van der Waals surface area contributed by atoms with Crippen molar-refractivity contribution in [2.75, 3.05) is 0 Å². The minimum atomic E-state index is -3.44. The molecule has 2 aromatic rings. The molecule has 0 aliphatic heterocycles. The highest BCUT2D eigenvalue weighted by molar-refractivity contribution is 7.90. The van der Waals surface area contributed by atoms with E-state index in [-0.39, 0.29) is 15.3 Å². The van der Waals surface area contributed by atoms with Crippen LogP contribution in [-0.4, -0.2) is 18.4 Å². The summed E-state index contributed by atoms with van der Waals surface area (Å²) in [7, 11) is -3.44. The molecule has 1 N–H and O–H groups in total. The Bertz CT molecular complexity index is 706. The number of pyridine rings is 1. The van der Waals surface area contributed by atoms with Gasteiger partial charge in [0, 0.05) is 6.20 Å². The summed E-state index contributed by atoms with van der Waals surface area (Å²) in [5.74, 6) is -0.0853. The highest BCUT2D eigenvalue weighted by Crippen LogP contribution is 2.16. The largest absolute Gasteiger partial charge is 0.428 e. The molecule has 1 aromatic carbocycles. The van der Waals surface area contributed by atoms with Gasteiger partial charge in [-0.3, -0.25) is 0 Å². The zero-order chi connectivity index (χ0) is 13.2. The minimum Gasteiger partial charge on any atom is -0.428 e. The van der Waals surface area contributed by atoms with Crippen molar-refractivity contribution in [2.45, 2.75) is 10.6 Å². The number of hydrogen-bond acceptors (Lipinski definition) is 4. The van der Waals surface area contributed by atoms with Gasteiger partial charge in [0.05, 0.1) is 10.6 Å². The lowest BCUT2D eigenvalue weighted by atomic mass is 10.2. The van der Waals surface area contributed by atoms with Crippen LogP contribution in [0.25, 0.3) is 0 Å². The molecule has 0 saturated carbocycles. The predicted molar refractivity (Wildman–Crippen MR) is 69.8 cm³/mol. The second kappa shape index (κ2) is 4.91. The molecule has 18 heavy (non-hydrogen) atoms. The second-order valence-electron chi connectivity index (χ2n) is 3.79. The smallest absolute Gasteiger partial charge is 0.182 e. The van der Waals surface area contributed by atoms with Crippen molar-refractivity contribution >= 4 is 22.1 Å². The molecule has 0 unspecified atom stereocenters. The van der Waals surface area contributed by atoms with E-state index in [1.54, 1.807) is 24.3 Å². The Morgan fingerprint density at radius 1 is 1.17 bits per heavy atom. The standard InChI is InChI=1S/C12H11NO3S2/c14-13-7-6-11(8-12(13)17)18(15,16)9-10-4-2-1-3-5-10/h1-8,14H,9H2. The highest BCUT2D eigenvalue weighted by atomic mass is 32.2. The number of hydrogen-bond donors (Lipinski definition) is 1. The molecular formula is C12H11NO3S2. The van der Waals surface area contributed by atoms with Crippen LogP contribution < -0.4 is 0 Å². The van der Waals surface area contributed by atoms with E-state index in [0.29, 0.717) is 10.3 Å². The Morgan fingerprint density at radius 2 is 1.83 bits per heavy atom. The van der Waals surface area contributed by atoms with Crippen LogP contribution in [0.5, 0.6) is 0 Å². The molecule has 0 atom stereocenters. The van der Waals surface area contributed by atoms with Gasteiger partial charge in [-0.1, -0.05) is 42.5 Å². The van der Waals surface area contributed by atoms with Gasteiger partial charge in [-0.25, -0.2) is 8.42 Å². The summed E-state index contributed by atoms with van der Waals surface area (Å²) in [6, 6.07) is 11.5.